The molecule has 0 aliphatic rings. The number of hydrogen-bond donors (Lipinski definition) is 0. The van der Waals surface area contributed by atoms with E-state index < -0.39 is 0 Å². The Morgan fingerprint density at radius 3 is 1.07 bits per heavy atom. The SMILES string of the molecule is CCC(C(C)C)(C(C)(C)C)C(C)(C)C. The quantitative estimate of drug-likeness (QED) is 0.577. The smallest absolute Gasteiger partial charge is 0.0180 e. The third-order valence-electron chi connectivity index (χ3n) is 4.22. The van der Waals surface area contributed by atoms with Gasteiger partial charge in [0.15, 0.2) is 0 Å². The summed E-state index contributed by atoms with van der Waals surface area (Å²) in [5, 5.41) is 0. The van der Waals surface area contributed by atoms with Crippen LogP contribution in [-0.4, -0.2) is 0 Å². The van der Waals surface area contributed by atoms with Gasteiger partial charge in [0.2, 0.25) is 0 Å². The monoisotopic (exact) mass is 198 g/mol. The van der Waals surface area contributed by atoms with Crippen molar-refractivity contribution in [3.05, 3.63) is 0 Å². The van der Waals surface area contributed by atoms with Crippen molar-refractivity contribution in [2.24, 2.45) is 22.2 Å². The second-order valence-electron chi connectivity index (χ2n) is 6.98. The molecule has 0 N–H and O–H groups in total. The molecule has 0 rings (SSSR count). The van der Waals surface area contributed by atoms with E-state index in [2.05, 4.69) is 62.3 Å². The fourth-order valence-corrected chi connectivity index (χ4v) is 4.33. The van der Waals surface area contributed by atoms with Crippen LogP contribution in [-0.2, 0) is 0 Å². The Kier molecular flexibility index (Phi) is 3.87. The predicted molar refractivity (Wildman–Crippen MR) is 66.5 cm³/mol. The molecule has 0 aliphatic carbocycles. The van der Waals surface area contributed by atoms with Crippen LogP contribution in [0.25, 0.3) is 0 Å². The molecule has 0 unspecified atom stereocenters. The molecule has 0 aliphatic heterocycles. The first-order valence-electron chi connectivity index (χ1n) is 6.00. The highest BCUT2D eigenvalue weighted by atomic mass is 14.5. The summed E-state index contributed by atoms with van der Waals surface area (Å²) in [6.45, 7) is 21.4. The molecular weight excluding hydrogens is 168 g/mol. The highest BCUT2D eigenvalue weighted by molar-refractivity contribution is 4.99. The largest absolute Gasteiger partial charge is 0.0648 e. The topological polar surface area (TPSA) is 0 Å². The van der Waals surface area contributed by atoms with Gasteiger partial charge in [-0.3, -0.25) is 0 Å². The Labute approximate surface area is 91.5 Å². The van der Waals surface area contributed by atoms with Crippen LogP contribution in [0.2, 0.25) is 0 Å². The summed E-state index contributed by atoms with van der Waals surface area (Å²) in [6.07, 6.45) is 1.26. The van der Waals surface area contributed by atoms with Gasteiger partial charge in [0.25, 0.3) is 0 Å². The maximum atomic E-state index is 2.39. The molecular formula is C14H30. The Bertz CT molecular complexity index is 159. The molecule has 0 radical (unpaired) electrons. The van der Waals surface area contributed by atoms with Crippen LogP contribution >= 0.6 is 0 Å². The van der Waals surface area contributed by atoms with Crippen molar-refractivity contribution in [3.8, 4) is 0 Å². The average molecular weight is 198 g/mol. The van der Waals surface area contributed by atoms with E-state index in [-0.39, 0.29) is 0 Å². The minimum absolute atomic E-state index is 0.369. The van der Waals surface area contributed by atoms with Gasteiger partial charge in [-0.25, -0.2) is 0 Å². The maximum Gasteiger partial charge on any atom is -0.0180 e. The zero-order valence-electron chi connectivity index (χ0n) is 11.8. The molecule has 0 nitrogen and oxygen atoms in total. The first-order valence-corrected chi connectivity index (χ1v) is 6.00. The van der Waals surface area contributed by atoms with Gasteiger partial charge in [-0.2, -0.15) is 0 Å². The molecule has 0 aromatic rings. The Balaban J connectivity index is 5.45. The van der Waals surface area contributed by atoms with Crippen LogP contribution < -0.4 is 0 Å². The lowest BCUT2D eigenvalue weighted by atomic mass is 9.48. The Hall–Kier alpha value is 0. The van der Waals surface area contributed by atoms with Crippen molar-refractivity contribution < 1.29 is 0 Å². The lowest BCUT2D eigenvalue weighted by molar-refractivity contribution is -0.0774. The zero-order chi connectivity index (χ0) is 11.8. The molecule has 0 bridgehead atoms. The molecule has 0 heteroatoms. The van der Waals surface area contributed by atoms with Crippen molar-refractivity contribution in [3.63, 3.8) is 0 Å². The van der Waals surface area contributed by atoms with E-state index in [0.717, 1.165) is 5.92 Å². The summed E-state index contributed by atoms with van der Waals surface area (Å²) in [6, 6.07) is 0. The van der Waals surface area contributed by atoms with Crippen LogP contribution in [0.4, 0.5) is 0 Å². The molecule has 0 amide bonds. The minimum atomic E-state index is 0.369. The second-order valence-corrected chi connectivity index (χ2v) is 6.98. The van der Waals surface area contributed by atoms with Gasteiger partial charge in [-0.05, 0) is 28.6 Å². The van der Waals surface area contributed by atoms with E-state index in [9.17, 15) is 0 Å². The second kappa shape index (κ2) is 3.87. The number of rotatable bonds is 2. The Morgan fingerprint density at radius 1 is 0.786 bits per heavy atom. The molecule has 0 heterocycles. The summed E-state index contributed by atoms with van der Waals surface area (Å²) >= 11 is 0. The maximum absolute atomic E-state index is 2.39. The van der Waals surface area contributed by atoms with Crippen molar-refractivity contribution in [1.82, 2.24) is 0 Å². The summed E-state index contributed by atoms with van der Waals surface area (Å²) in [5.41, 5.74) is 1.16. The van der Waals surface area contributed by atoms with E-state index in [1.807, 2.05) is 0 Å². The fraction of sp³-hybridized carbons (Fsp3) is 1.00. The van der Waals surface area contributed by atoms with Gasteiger partial charge in [0.05, 0.1) is 0 Å². The average Bonchev–Trinajstić information content (AvgIpc) is 1.80. The zero-order valence-corrected chi connectivity index (χ0v) is 11.8. The summed E-state index contributed by atoms with van der Waals surface area (Å²) in [5.74, 6) is 0.729. The van der Waals surface area contributed by atoms with Gasteiger partial charge < -0.3 is 0 Å². The predicted octanol–water partition coefficient (Wildman–Crippen LogP) is 5.13. The van der Waals surface area contributed by atoms with Gasteiger partial charge >= 0.3 is 0 Å². The molecule has 86 valence electrons. The van der Waals surface area contributed by atoms with E-state index in [1.54, 1.807) is 0 Å². The van der Waals surface area contributed by atoms with Crippen molar-refractivity contribution >= 4 is 0 Å². The highest BCUT2D eigenvalue weighted by Gasteiger charge is 2.50. The molecule has 0 saturated carbocycles. The van der Waals surface area contributed by atoms with Crippen LogP contribution in [0.5, 0.6) is 0 Å². The minimum Gasteiger partial charge on any atom is -0.0648 e. The lowest BCUT2D eigenvalue weighted by Crippen LogP contribution is -2.49. The third-order valence-corrected chi connectivity index (χ3v) is 4.22. The first kappa shape index (κ1) is 14.0. The van der Waals surface area contributed by atoms with Crippen LogP contribution in [0, 0.1) is 22.2 Å². The standard InChI is InChI=1S/C14H30/c1-10-14(11(2)3,12(4,5)6)13(7,8)9/h11H,10H2,1-9H3. The molecule has 0 aromatic carbocycles. The molecule has 14 heavy (non-hydrogen) atoms. The van der Waals surface area contributed by atoms with E-state index in [0.29, 0.717) is 16.2 Å². The number of hydrogen-bond acceptors (Lipinski definition) is 0. The van der Waals surface area contributed by atoms with Crippen LogP contribution in [0.1, 0.15) is 68.7 Å². The van der Waals surface area contributed by atoms with Crippen molar-refractivity contribution in [2.75, 3.05) is 0 Å². The van der Waals surface area contributed by atoms with Gasteiger partial charge in [0.1, 0.15) is 0 Å². The molecule has 0 atom stereocenters. The fourth-order valence-electron chi connectivity index (χ4n) is 4.33. The van der Waals surface area contributed by atoms with Crippen molar-refractivity contribution in [2.45, 2.75) is 68.7 Å². The first-order chi connectivity index (χ1) is 6.00. The van der Waals surface area contributed by atoms with Gasteiger partial charge in [-0.15, -0.1) is 0 Å². The normalized spacial score (nSPS) is 15.0. The lowest BCUT2D eigenvalue weighted by Gasteiger charge is -2.56. The molecule has 0 spiro atoms. The highest BCUT2D eigenvalue weighted by Crippen LogP contribution is 2.58. The van der Waals surface area contributed by atoms with E-state index in [1.165, 1.54) is 6.42 Å². The molecule has 0 aromatic heterocycles. The summed E-state index contributed by atoms with van der Waals surface area (Å²) in [7, 11) is 0. The van der Waals surface area contributed by atoms with E-state index >= 15 is 0 Å². The summed E-state index contributed by atoms with van der Waals surface area (Å²) in [4.78, 5) is 0. The Morgan fingerprint density at radius 2 is 1.07 bits per heavy atom. The van der Waals surface area contributed by atoms with Crippen molar-refractivity contribution in [1.29, 1.82) is 0 Å². The van der Waals surface area contributed by atoms with Gasteiger partial charge in [0, 0.05) is 0 Å². The molecule has 0 saturated heterocycles. The van der Waals surface area contributed by atoms with Crippen LogP contribution in [0.15, 0.2) is 0 Å². The van der Waals surface area contributed by atoms with Crippen LogP contribution in [0.3, 0.4) is 0 Å². The third kappa shape index (κ3) is 1.99. The molecule has 0 fully saturated rings. The van der Waals surface area contributed by atoms with Gasteiger partial charge in [-0.1, -0.05) is 62.3 Å². The summed E-state index contributed by atoms with van der Waals surface area (Å²) < 4.78 is 0. The van der Waals surface area contributed by atoms with E-state index in [4.69, 9.17) is 0 Å².